The molecule has 2 aliphatic heterocycles. The number of aromatic nitrogens is 2. The number of rotatable bonds is 4. The lowest BCUT2D eigenvalue weighted by molar-refractivity contribution is 0.0945. The fourth-order valence-electron chi connectivity index (χ4n) is 2.97. The second-order valence-electron chi connectivity index (χ2n) is 6.44. The molecule has 0 saturated carbocycles. The van der Waals surface area contributed by atoms with Gasteiger partial charge < -0.3 is 24.6 Å². The Hall–Kier alpha value is -2.87. The molecule has 0 bridgehead atoms. The van der Waals surface area contributed by atoms with Crippen molar-refractivity contribution in [2.45, 2.75) is 6.54 Å². The molecule has 8 heteroatoms. The van der Waals surface area contributed by atoms with Crippen molar-refractivity contribution in [1.29, 1.82) is 0 Å². The number of ether oxygens (including phenoxy) is 2. The van der Waals surface area contributed by atoms with E-state index in [0.29, 0.717) is 18.0 Å². The highest BCUT2D eigenvalue weighted by molar-refractivity contribution is 5.92. The quantitative estimate of drug-likeness (QED) is 0.872. The van der Waals surface area contributed by atoms with Crippen LogP contribution in [-0.2, 0) is 6.54 Å². The molecule has 4 rings (SSSR count). The standard InChI is InChI=1S/C18H21N5O3/c1-22-6-8-23(9-7-22)17-5-3-14(20-21-17)18(24)19-11-13-2-4-15-16(10-13)26-12-25-15/h2-5,10H,6-9,11-12H2,1H3,(H,19,24). The number of carbonyl (C=O) groups excluding carboxylic acids is 1. The maximum atomic E-state index is 12.3. The van der Waals surface area contributed by atoms with Gasteiger partial charge in [0.2, 0.25) is 6.79 Å². The van der Waals surface area contributed by atoms with Crippen LogP contribution in [0.4, 0.5) is 5.82 Å². The Morgan fingerprint density at radius 2 is 1.88 bits per heavy atom. The number of piperazine rings is 1. The third-order valence-corrected chi connectivity index (χ3v) is 4.60. The second-order valence-corrected chi connectivity index (χ2v) is 6.44. The summed E-state index contributed by atoms with van der Waals surface area (Å²) in [5, 5.41) is 11.1. The van der Waals surface area contributed by atoms with Crippen LogP contribution in [0, 0.1) is 0 Å². The van der Waals surface area contributed by atoms with E-state index in [9.17, 15) is 4.79 Å². The van der Waals surface area contributed by atoms with Gasteiger partial charge in [-0.1, -0.05) is 6.07 Å². The maximum absolute atomic E-state index is 12.3. The second kappa shape index (κ2) is 7.17. The van der Waals surface area contributed by atoms with Crippen LogP contribution in [0.3, 0.4) is 0 Å². The number of likely N-dealkylation sites (N-methyl/N-ethyl adjacent to an activating group) is 1. The summed E-state index contributed by atoms with van der Waals surface area (Å²) in [5.41, 5.74) is 1.24. The van der Waals surface area contributed by atoms with Crippen molar-refractivity contribution in [2.24, 2.45) is 0 Å². The minimum Gasteiger partial charge on any atom is -0.454 e. The molecule has 8 nitrogen and oxygen atoms in total. The average Bonchev–Trinajstić information content (AvgIpc) is 3.15. The van der Waals surface area contributed by atoms with E-state index in [-0.39, 0.29) is 12.7 Å². The van der Waals surface area contributed by atoms with Crippen LogP contribution in [0.25, 0.3) is 0 Å². The van der Waals surface area contributed by atoms with Crippen molar-refractivity contribution in [3.05, 3.63) is 41.6 Å². The number of fused-ring (bicyclic) bond motifs is 1. The van der Waals surface area contributed by atoms with Gasteiger partial charge in [-0.2, -0.15) is 0 Å². The lowest BCUT2D eigenvalue weighted by Gasteiger charge is -2.32. The van der Waals surface area contributed by atoms with Gasteiger partial charge in [-0.15, -0.1) is 10.2 Å². The summed E-state index contributed by atoms with van der Waals surface area (Å²) in [7, 11) is 2.11. The van der Waals surface area contributed by atoms with Crippen LogP contribution in [-0.4, -0.2) is 61.0 Å². The fraction of sp³-hybridized carbons (Fsp3) is 0.389. The highest BCUT2D eigenvalue weighted by Gasteiger charge is 2.17. The monoisotopic (exact) mass is 355 g/mol. The van der Waals surface area contributed by atoms with E-state index < -0.39 is 0 Å². The van der Waals surface area contributed by atoms with Gasteiger partial charge in [-0.05, 0) is 36.9 Å². The summed E-state index contributed by atoms with van der Waals surface area (Å²) in [6, 6.07) is 9.18. The molecule has 0 aliphatic carbocycles. The van der Waals surface area contributed by atoms with Gasteiger partial charge >= 0.3 is 0 Å². The average molecular weight is 355 g/mol. The summed E-state index contributed by atoms with van der Waals surface area (Å²) in [4.78, 5) is 16.8. The molecule has 0 spiro atoms. The van der Waals surface area contributed by atoms with Gasteiger partial charge in [0.25, 0.3) is 5.91 Å². The van der Waals surface area contributed by atoms with E-state index in [2.05, 4.69) is 32.4 Å². The first-order chi connectivity index (χ1) is 12.7. The van der Waals surface area contributed by atoms with Gasteiger partial charge in [0.1, 0.15) is 0 Å². The minimum absolute atomic E-state index is 0.236. The SMILES string of the molecule is CN1CCN(c2ccc(C(=O)NCc3ccc4c(c3)OCO4)nn2)CC1. The predicted octanol–water partition coefficient (Wildman–Crippen LogP) is 0.887. The van der Waals surface area contributed by atoms with Gasteiger partial charge in [0.05, 0.1) is 0 Å². The number of nitrogens with one attached hydrogen (secondary N) is 1. The molecule has 0 atom stereocenters. The zero-order valence-electron chi connectivity index (χ0n) is 14.6. The molecule has 0 radical (unpaired) electrons. The van der Waals surface area contributed by atoms with E-state index >= 15 is 0 Å². The van der Waals surface area contributed by atoms with Crippen LogP contribution in [0.15, 0.2) is 30.3 Å². The van der Waals surface area contributed by atoms with Crippen LogP contribution >= 0.6 is 0 Å². The molecule has 26 heavy (non-hydrogen) atoms. The molecule has 0 unspecified atom stereocenters. The number of nitrogens with zero attached hydrogens (tertiary/aromatic N) is 4. The molecule has 1 aromatic carbocycles. The van der Waals surface area contributed by atoms with Crippen LogP contribution in [0.2, 0.25) is 0 Å². The number of hydrogen-bond acceptors (Lipinski definition) is 7. The molecule has 1 aromatic heterocycles. The first-order valence-corrected chi connectivity index (χ1v) is 8.63. The molecule has 1 saturated heterocycles. The number of hydrogen-bond donors (Lipinski definition) is 1. The summed E-state index contributed by atoms with van der Waals surface area (Å²) in [5.74, 6) is 1.99. The number of amides is 1. The van der Waals surface area contributed by atoms with E-state index in [0.717, 1.165) is 43.3 Å². The predicted molar refractivity (Wildman–Crippen MR) is 95.5 cm³/mol. The first kappa shape index (κ1) is 16.6. The van der Waals surface area contributed by atoms with Gasteiger partial charge in [0.15, 0.2) is 23.0 Å². The summed E-state index contributed by atoms with van der Waals surface area (Å²) < 4.78 is 10.6. The molecular formula is C18H21N5O3. The lowest BCUT2D eigenvalue weighted by atomic mass is 10.2. The number of benzene rings is 1. The molecule has 2 aliphatic rings. The minimum atomic E-state index is -0.250. The van der Waals surface area contributed by atoms with Crippen LogP contribution in [0.1, 0.15) is 16.1 Å². The zero-order valence-corrected chi connectivity index (χ0v) is 14.6. The topological polar surface area (TPSA) is 79.8 Å². The molecule has 1 N–H and O–H groups in total. The highest BCUT2D eigenvalue weighted by Crippen LogP contribution is 2.32. The normalized spacial score (nSPS) is 16.6. The Kier molecular flexibility index (Phi) is 4.57. The number of anilines is 1. The molecule has 136 valence electrons. The van der Waals surface area contributed by atoms with Crippen molar-refractivity contribution in [3.63, 3.8) is 0 Å². The Morgan fingerprint density at radius 3 is 2.65 bits per heavy atom. The molecule has 2 aromatic rings. The van der Waals surface area contributed by atoms with Gasteiger partial charge in [-0.25, -0.2) is 0 Å². The van der Waals surface area contributed by atoms with E-state index in [1.807, 2.05) is 24.3 Å². The van der Waals surface area contributed by atoms with Crippen molar-refractivity contribution >= 4 is 11.7 Å². The fourth-order valence-corrected chi connectivity index (χ4v) is 2.97. The van der Waals surface area contributed by atoms with Crippen molar-refractivity contribution < 1.29 is 14.3 Å². The smallest absolute Gasteiger partial charge is 0.272 e. The Bertz CT molecular complexity index is 788. The summed E-state index contributed by atoms with van der Waals surface area (Å²) in [6.45, 7) is 4.46. The van der Waals surface area contributed by atoms with E-state index in [1.165, 1.54) is 0 Å². The lowest BCUT2D eigenvalue weighted by Crippen LogP contribution is -2.44. The molecule has 3 heterocycles. The third kappa shape index (κ3) is 3.55. The van der Waals surface area contributed by atoms with Crippen LogP contribution in [0.5, 0.6) is 11.5 Å². The van der Waals surface area contributed by atoms with Crippen molar-refractivity contribution in [1.82, 2.24) is 20.4 Å². The van der Waals surface area contributed by atoms with E-state index in [4.69, 9.17) is 9.47 Å². The van der Waals surface area contributed by atoms with Crippen molar-refractivity contribution in [3.8, 4) is 11.5 Å². The molecule has 1 amide bonds. The molecular weight excluding hydrogens is 334 g/mol. The Balaban J connectivity index is 1.34. The largest absolute Gasteiger partial charge is 0.454 e. The number of carbonyl (C=O) groups is 1. The Morgan fingerprint density at radius 1 is 1.08 bits per heavy atom. The summed E-state index contributed by atoms with van der Waals surface area (Å²) >= 11 is 0. The highest BCUT2D eigenvalue weighted by atomic mass is 16.7. The first-order valence-electron chi connectivity index (χ1n) is 8.63. The van der Waals surface area contributed by atoms with Gasteiger partial charge in [0, 0.05) is 32.7 Å². The van der Waals surface area contributed by atoms with Gasteiger partial charge in [-0.3, -0.25) is 4.79 Å². The van der Waals surface area contributed by atoms with E-state index in [1.54, 1.807) is 6.07 Å². The Labute approximate surface area is 151 Å². The zero-order chi connectivity index (χ0) is 17.9. The van der Waals surface area contributed by atoms with Crippen LogP contribution < -0.4 is 19.7 Å². The molecule has 1 fully saturated rings. The maximum Gasteiger partial charge on any atom is 0.272 e. The van der Waals surface area contributed by atoms with Crippen molar-refractivity contribution in [2.75, 3.05) is 44.9 Å². The summed E-state index contributed by atoms with van der Waals surface area (Å²) in [6.07, 6.45) is 0. The third-order valence-electron chi connectivity index (χ3n) is 4.60.